The molecule has 0 spiro atoms. The maximum atomic E-state index is 12.4. The first-order valence-corrected chi connectivity index (χ1v) is 7.34. The van der Waals surface area contributed by atoms with Crippen molar-refractivity contribution in [1.82, 2.24) is 4.67 Å². The summed E-state index contributed by atoms with van der Waals surface area (Å²) in [7, 11) is -4.18. The van der Waals surface area contributed by atoms with Gasteiger partial charge >= 0.3 is 7.75 Å². The molecule has 0 atom stereocenters. The van der Waals surface area contributed by atoms with E-state index in [4.69, 9.17) is 0 Å². The highest BCUT2D eigenvalue weighted by molar-refractivity contribution is 7.51. The van der Waals surface area contributed by atoms with E-state index in [-0.39, 0.29) is 12.1 Å². The fourth-order valence-electron chi connectivity index (χ4n) is 1.63. The van der Waals surface area contributed by atoms with Crippen molar-refractivity contribution < 1.29 is 31.2 Å². The van der Waals surface area contributed by atoms with Crippen LogP contribution in [0.2, 0.25) is 0 Å². The van der Waals surface area contributed by atoms with Crippen molar-refractivity contribution in [2.24, 2.45) is 0 Å². The molecular formula is C10H20F4NO3P. The van der Waals surface area contributed by atoms with Crippen molar-refractivity contribution in [3.63, 3.8) is 0 Å². The summed E-state index contributed by atoms with van der Waals surface area (Å²) in [5, 5.41) is 0. The second kappa shape index (κ2) is 8.19. The molecule has 116 valence electrons. The van der Waals surface area contributed by atoms with E-state index in [2.05, 4.69) is 9.05 Å². The summed E-state index contributed by atoms with van der Waals surface area (Å²) in [6.07, 6.45) is -5.71. The first kappa shape index (κ1) is 18.8. The Morgan fingerprint density at radius 1 is 0.895 bits per heavy atom. The van der Waals surface area contributed by atoms with E-state index in [1.54, 1.807) is 27.7 Å². The van der Waals surface area contributed by atoms with Crippen molar-refractivity contribution in [2.75, 3.05) is 13.2 Å². The Hall–Kier alpha value is -0.170. The topological polar surface area (TPSA) is 38.8 Å². The predicted octanol–water partition coefficient (Wildman–Crippen LogP) is 3.78. The quantitative estimate of drug-likeness (QED) is 0.480. The highest BCUT2D eigenvalue weighted by Crippen LogP contribution is 2.54. The smallest absolute Gasteiger partial charge is 0.291 e. The molecule has 19 heavy (non-hydrogen) atoms. The average molecular weight is 309 g/mol. The van der Waals surface area contributed by atoms with E-state index in [0.717, 1.165) is 0 Å². The zero-order valence-corrected chi connectivity index (χ0v) is 12.2. The lowest BCUT2D eigenvalue weighted by atomic mass is 10.3. The normalized spacial score (nSPS) is 13.5. The molecule has 0 saturated carbocycles. The number of hydrogen-bond donors (Lipinski definition) is 0. The van der Waals surface area contributed by atoms with Gasteiger partial charge in [-0.3, -0.25) is 9.05 Å². The Labute approximate surface area is 110 Å². The lowest BCUT2D eigenvalue weighted by Gasteiger charge is -2.35. The van der Waals surface area contributed by atoms with Gasteiger partial charge in [0.15, 0.2) is 0 Å². The molecule has 0 rings (SSSR count). The molecule has 9 heteroatoms. The monoisotopic (exact) mass is 309 g/mol. The number of hydrogen-bond acceptors (Lipinski definition) is 3. The first-order chi connectivity index (χ1) is 8.60. The van der Waals surface area contributed by atoms with Gasteiger partial charge in [0, 0.05) is 12.1 Å². The summed E-state index contributed by atoms with van der Waals surface area (Å²) >= 11 is 0. The van der Waals surface area contributed by atoms with Crippen molar-refractivity contribution in [3.8, 4) is 0 Å². The SMILES string of the molecule is CC(C)N(C(C)C)P(=O)(OCC(F)F)OCC(F)F. The molecule has 0 aliphatic rings. The molecular weight excluding hydrogens is 289 g/mol. The number of nitrogens with zero attached hydrogens (tertiary/aromatic N) is 1. The second-order valence-corrected chi connectivity index (χ2v) is 6.33. The van der Waals surface area contributed by atoms with Gasteiger partial charge in [-0.1, -0.05) is 0 Å². The van der Waals surface area contributed by atoms with Crippen molar-refractivity contribution in [3.05, 3.63) is 0 Å². The largest absolute Gasteiger partial charge is 0.409 e. The van der Waals surface area contributed by atoms with Crippen LogP contribution in [0, 0.1) is 0 Å². The van der Waals surface area contributed by atoms with Crippen LogP contribution < -0.4 is 0 Å². The van der Waals surface area contributed by atoms with Gasteiger partial charge in [-0.15, -0.1) is 0 Å². The van der Waals surface area contributed by atoms with Crippen LogP contribution in [0.1, 0.15) is 27.7 Å². The maximum Gasteiger partial charge on any atom is 0.409 e. The van der Waals surface area contributed by atoms with Crippen molar-refractivity contribution in [1.29, 1.82) is 0 Å². The van der Waals surface area contributed by atoms with E-state index < -0.39 is 33.8 Å². The molecule has 0 radical (unpaired) electrons. The van der Waals surface area contributed by atoms with Gasteiger partial charge in [-0.05, 0) is 27.7 Å². The minimum atomic E-state index is -4.18. The fourth-order valence-corrected chi connectivity index (χ4v) is 3.71. The Bertz CT molecular complexity index is 278. The molecule has 0 aliphatic heterocycles. The molecule has 0 aliphatic carbocycles. The summed E-state index contributed by atoms with van der Waals surface area (Å²) in [6.45, 7) is 4.31. The van der Waals surface area contributed by atoms with E-state index in [1.807, 2.05) is 0 Å². The summed E-state index contributed by atoms with van der Waals surface area (Å²) in [4.78, 5) is 0. The fraction of sp³-hybridized carbons (Fsp3) is 1.00. The first-order valence-electron chi connectivity index (χ1n) is 5.84. The Morgan fingerprint density at radius 2 is 1.21 bits per heavy atom. The van der Waals surface area contributed by atoms with Crippen molar-refractivity contribution >= 4 is 7.75 Å². The summed E-state index contributed by atoms with van der Waals surface area (Å²) in [5.74, 6) is 0. The third-order valence-electron chi connectivity index (χ3n) is 2.07. The predicted molar refractivity (Wildman–Crippen MR) is 63.6 cm³/mol. The summed E-state index contributed by atoms with van der Waals surface area (Å²) < 4.78 is 71.5. The average Bonchev–Trinajstić information content (AvgIpc) is 2.22. The van der Waals surface area contributed by atoms with Crippen LogP contribution in [0.3, 0.4) is 0 Å². The van der Waals surface area contributed by atoms with E-state index in [1.165, 1.54) is 4.67 Å². The highest BCUT2D eigenvalue weighted by Gasteiger charge is 2.39. The van der Waals surface area contributed by atoms with Crippen LogP contribution >= 0.6 is 7.75 Å². The Morgan fingerprint density at radius 3 is 1.42 bits per heavy atom. The molecule has 0 fully saturated rings. The molecule has 0 aromatic heterocycles. The van der Waals surface area contributed by atoms with E-state index >= 15 is 0 Å². The van der Waals surface area contributed by atoms with Crippen molar-refractivity contribution in [2.45, 2.75) is 52.6 Å². The Kier molecular flexibility index (Phi) is 8.12. The van der Waals surface area contributed by atoms with Crippen LogP contribution in [-0.4, -0.2) is 42.8 Å². The maximum absolute atomic E-state index is 12.4. The third-order valence-corrected chi connectivity index (χ3v) is 4.51. The molecule has 0 aromatic rings. The molecule has 0 heterocycles. The highest BCUT2D eigenvalue weighted by atomic mass is 31.2. The van der Waals surface area contributed by atoms with Crippen LogP contribution in [0.15, 0.2) is 0 Å². The lowest BCUT2D eigenvalue weighted by molar-refractivity contribution is 0.0276. The van der Waals surface area contributed by atoms with Crippen LogP contribution in [0.5, 0.6) is 0 Å². The zero-order valence-electron chi connectivity index (χ0n) is 11.4. The molecule has 4 nitrogen and oxygen atoms in total. The van der Waals surface area contributed by atoms with Gasteiger partial charge in [-0.2, -0.15) is 0 Å². The van der Waals surface area contributed by atoms with E-state index in [0.29, 0.717) is 0 Å². The van der Waals surface area contributed by atoms with Crippen LogP contribution in [0.4, 0.5) is 17.6 Å². The molecule has 0 unspecified atom stereocenters. The van der Waals surface area contributed by atoms with Gasteiger partial charge in [-0.25, -0.2) is 26.8 Å². The van der Waals surface area contributed by atoms with Gasteiger partial charge in [0.05, 0.1) is 0 Å². The molecule has 0 saturated heterocycles. The number of alkyl halides is 4. The summed E-state index contributed by atoms with van der Waals surface area (Å²) in [5.41, 5.74) is 0. The molecule has 0 amide bonds. The molecule has 0 N–H and O–H groups in total. The van der Waals surface area contributed by atoms with Gasteiger partial charge in [0.2, 0.25) is 0 Å². The van der Waals surface area contributed by atoms with Gasteiger partial charge in [0.1, 0.15) is 13.2 Å². The second-order valence-electron chi connectivity index (χ2n) is 4.41. The lowest BCUT2D eigenvalue weighted by Crippen LogP contribution is -2.36. The van der Waals surface area contributed by atoms with Crippen LogP contribution in [-0.2, 0) is 13.6 Å². The minimum absolute atomic E-state index is 0.374. The van der Waals surface area contributed by atoms with Gasteiger partial charge < -0.3 is 0 Å². The molecule has 0 aromatic carbocycles. The number of rotatable bonds is 9. The Balaban J connectivity index is 5.04. The summed E-state index contributed by atoms with van der Waals surface area (Å²) in [6, 6.07) is -0.748. The standard InChI is InChI=1S/C10H20F4NO3P/c1-7(2)15(8(3)4)19(16,17-5-9(11)12)18-6-10(13)14/h7-10H,5-6H2,1-4H3. The number of halogens is 4. The third kappa shape index (κ3) is 6.70. The van der Waals surface area contributed by atoms with E-state index in [9.17, 15) is 22.1 Å². The zero-order chi connectivity index (χ0) is 15.2. The molecule has 0 bridgehead atoms. The minimum Gasteiger partial charge on any atom is -0.291 e. The van der Waals surface area contributed by atoms with Crippen LogP contribution in [0.25, 0.3) is 0 Å². The van der Waals surface area contributed by atoms with Gasteiger partial charge in [0.25, 0.3) is 12.9 Å².